The van der Waals surface area contributed by atoms with E-state index in [4.69, 9.17) is 4.74 Å². The molecule has 2 aliphatic rings. The molecule has 0 unspecified atom stereocenters. The lowest BCUT2D eigenvalue weighted by Crippen LogP contribution is -2.53. The summed E-state index contributed by atoms with van der Waals surface area (Å²) in [5.74, 6) is 0.548. The SMILES string of the molecule is O=[N+]([O-])c1cnc(N[C@@H]2C[C@@H]3OCCC[C@H]32)s1. The van der Waals surface area contributed by atoms with E-state index in [2.05, 4.69) is 10.3 Å². The van der Waals surface area contributed by atoms with Crippen molar-refractivity contribution in [2.75, 3.05) is 11.9 Å². The molecule has 1 N–H and O–H groups in total. The molecule has 1 aliphatic heterocycles. The van der Waals surface area contributed by atoms with Crippen LogP contribution in [0.1, 0.15) is 19.3 Å². The molecule has 3 atom stereocenters. The minimum Gasteiger partial charge on any atom is -0.378 e. The van der Waals surface area contributed by atoms with Crippen molar-refractivity contribution in [2.24, 2.45) is 5.92 Å². The number of aromatic nitrogens is 1. The topological polar surface area (TPSA) is 77.3 Å². The third kappa shape index (κ3) is 2.00. The van der Waals surface area contributed by atoms with E-state index in [9.17, 15) is 10.1 Å². The Hall–Kier alpha value is -1.21. The van der Waals surface area contributed by atoms with Gasteiger partial charge in [0.2, 0.25) is 0 Å². The summed E-state index contributed by atoms with van der Waals surface area (Å²) in [4.78, 5) is 14.2. The summed E-state index contributed by atoms with van der Waals surface area (Å²) >= 11 is 1.10. The predicted octanol–water partition coefficient (Wildman–Crippen LogP) is 2.03. The second-order valence-electron chi connectivity index (χ2n) is 4.46. The largest absolute Gasteiger partial charge is 0.378 e. The zero-order valence-electron chi connectivity index (χ0n) is 9.17. The van der Waals surface area contributed by atoms with E-state index in [1.807, 2.05) is 0 Å². The molecule has 0 bridgehead atoms. The summed E-state index contributed by atoms with van der Waals surface area (Å²) in [5.41, 5.74) is 0. The van der Waals surface area contributed by atoms with E-state index in [1.165, 1.54) is 12.6 Å². The standard InChI is InChI=1S/C10H13N3O3S/c14-13(15)9-5-11-10(17-9)12-7-4-8-6(7)2-1-3-16-8/h5-8H,1-4H2,(H,11,12)/t6-,7+,8-/m0/s1. The number of anilines is 1. The number of fused-ring (bicyclic) bond motifs is 1. The Balaban J connectivity index is 1.61. The summed E-state index contributed by atoms with van der Waals surface area (Å²) in [6.45, 7) is 0.872. The molecule has 3 rings (SSSR count). The maximum Gasteiger partial charge on any atom is 0.345 e. The molecule has 0 amide bonds. The van der Waals surface area contributed by atoms with Gasteiger partial charge in [-0.1, -0.05) is 0 Å². The first-order chi connectivity index (χ1) is 8.24. The number of nitrogens with one attached hydrogen (secondary N) is 1. The molecule has 1 saturated carbocycles. The Labute approximate surface area is 102 Å². The Morgan fingerprint density at radius 2 is 2.53 bits per heavy atom. The second kappa shape index (κ2) is 4.23. The summed E-state index contributed by atoms with van der Waals surface area (Å²) < 4.78 is 5.62. The fraction of sp³-hybridized carbons (Fsp3) is 0.700. The number of hydrogen-bond acceptors (Lipinski definition) is 6. The van der Waals surface area contributed by atoms with Crippen LogP contribution in [-0.4, -0.2) is 28.7 Å². The average molecular weight is 255 g/mol. The van der Waals surface area contributed by atoms with Crippen molar-refractivity contribution in [3.63, 3.8) is 0 Å². The molecular formula is C10H13N3O3S. The van der Waals surface area contributed by atoms with E-state index in [0.29, 0.717) is 23.2 Å². The van der Waals surface area contributed by atoms with Gasteiger partial charge in [0.05, 0.1) is 11.0 Å². The first kappa shape index (κ1) is 10.9. The maximum absolute atomic E-state index is 10.5. The Morgan fingerprint density at radius 3 is 3.24 bits per heavy atom. The molecule has 0 radical (unpaired) electrons. The van der Waals surface area contributed by atoms with Gasteiger partial charge in [0.25, 0.3) is 0 Å². The number of thiazole rings is 1. The number of nitrogens with zero attached hydrogens (tertiary/aromatic N) is 2. The number of nitro groups is 1. The number of ether oxygens (including phenoxy) is 1. The Morgan fingerprint density at radius 1 is 1.65 bits per heavy atom. The van der Waals surface area contributed by atoms with Gasteiger partial charge in [-0.25, -0.2) is 4.98 Å². The lowest BCUT2D eigenvalue weighted by atomic mass is 9.72. The summed E-state index contributed by atoms with van der Waals surface area (Å²) in [6, 6.07) is 0.367. The second-order valence-corrected chi connectivity index (χ2v) is 5.47. The predicted molar refractivity (Wildman–Crippen MR) is 63.3 cm³/mol. The van der Waals surface area contributed by atoms with Crippen molar-refractivity contribution in [2.45, 2.75) is 31.4 Å². The molecule has 2 heterocycles. The van der Waals surface area contributed by atoms with Crippen LogP contribution >= 0.6 is 11.3 Å². The highest BCUT2D eigenvalue weighted by Gasteiger charge is 2.43. The molecule has 1 aromatic heterocycles. The fourth-order valence-electron chi connectivity index (χ4n) is 2.54. The van der Waals surface area contributed by atoms with Gasteiger partial charge in [0.15, 0.2) is 5.13 Å². The fourth-order valence-corrected chi connectivity index (χ4v) is 3.23. The van der Waals surface area contributed by atoms with Crippen molar-refractivity contribution in [1.29, 1.82) is 0 Å². The highest BCUT2D eigenvalue weighted by Crippen LogP contribution is 2.40. The molecule has 17 heavy (non-hydrogen) atoms. The van der Waals surface area contributed by atoms with Crippen LogP contribution in [0.2, 0.25) is 0 Å². The van der Waals surface area contributed by atoms with Crippen molar-refractivity contribution < 1.29 is 9.66 Å². The van der Waals surface area contributed by atoms with Gasteiger partial charge in [-0.15, -0.1) is 0 Å². The van der Waals surface area contributed by atoms with E-state index in [0.717, 1.165) is 30.8 Å². The van der Waals surface area contributed by atoms with Crippen molar-refractivity contribution in [3.8, 4) is 0 Å². The molecule has 1 aromatic rings. The normalized spacial score (nSPS) is 31.4. The Kier molecular flexibility index (Phi) is 2.71. The van der Waals surface area contributed by atoms with E-state index in [1.54, 1.807) is 0 Å². The zero-order chi connectivity index (χ0) is 11.8. The van der Waals surface area contributed by atoms with Crippen LogP contribution in [-0.2, 0) is 4.74 Å². The van der Waals surface area contributed by atoms with Gasteiger partial charge in [-0.2, -0.15) is 0 Å². The third-order valence-corrected chi connectivity index (χ3v) is 4.36. The van der Waals surface area contributed by atoms with Crippen molar-refractivity contribution >= 4 is 21.5 Å². The van der Waals surface area contributed by atoms with Gasteiger partial charge < -0.3 is 10.1 Å². The Bertz CT molecular complexity index is 436. The molecule has 0 spiro atoms. The molecule has 1 saturated heterocycles. The van der Waals surface area contributed by atoms with Gasteiger partial charge in [-0.05, 0) is 30.6 Å². The van der Waals surface area contributed by atoms with Gasteiger partial charge in [-0.3, -0.25) is 10.1 Å². The lowest BCUT2D eigenvalue weighted by molar-refractivity contribution is -0.380. The first-order valence-electron chi connectivity index (χ1n) is 5.72. The van der Waals surface area contributed by atoms with Crippen LogP contribution < -0.4 is 5.32 Å². The van der Waals surface area contributed by atoms with Crippen LogP contribution in [0, 0.1) is 16.0 Å². The smallest absolute Gasteiger partial charge is 0.345 e. The molecule has 7 heteroatoms. The molecule has 2 fully saturated rings. The summed E-state index contributed by atoms with van der Waals surface area (Å²) in [7, 11) is 0. The maximum atomic E-state index is 10.5. The number of rotatable bonds is 3. The van der Waals surface area contributed by atoms with Crippen LogP contribution in [0.25, 0.3) is 0 Å². The van der Waals surface area contributed by atoms with Crippen LogP contribution in [0.5, 0.6) is 0 Å². The number of hydrogen-bond donors (Lipinski definition) is 1. The molecule has 92 valence electrons. The third-order valence-electron chi connectivity index (χ3n) is 3.48. The van der Waals surface area contributed by atoms with Gasteiger partial charge >= 0.3 is 5.00 Å². The van der Waals surface area contributed by atoms with E-state index in [-0.39, 0.29) is 5.00 Å². The minimum absolute atomic E-state index is 0.0864. The van der Waals surface area contributed by atoms with Gasteiger partial charge in [0, 0.05) is 18.6 Å². The average Bonchev–Trinajstić information content (AvgIpc) is 2.75. The molecular weight excluding hydrogens is 242 g/mol. The minimum atomic E-state index is -0.407. The van der Waals surface area contributed by atoms with Crippen LogP contribution in [0.3, 0.4) is 0 Å². The lowest BCUT2D eigenvalue weighted by Gasteiger charge is -2.47. The van der Waals surface area contributed by atoms with Crippen molar-refractivity contribution in [3.05, 3.63) is 16.3 Å². The monoisotopic (exact) mass is 255 g/mol. The quantitative estimate of drug-likeness (QED) is 0.660. The van der Waals surface area contributed by atoms with Crippen molar-refractivity contribution in [1.82, 2.24) is 4.98 Å². The highest BCUT2D eigenvalue weighted by molar-refractivity contribution is 7.18. The highest BCUT2D eigenvalue weighted by atomic mass is 32.1. The molecule has 6 nitrogen and oxygen atoms in total. The summed E-state index contributed by atoms with van der Waals surface area (Å²) in [6.07, 6.45) is 4.96. The van der Waals surface area contributed by atoms with E-state index < -0.39 is 4.92 Å². The van der Waals surface area contributed by atoms with Crippen LogP contribution in [0.15, 0.2) is 6.20 Å². The zero-order valence-corrected chi connectivity index (χ0v) is 9.98. The molecule has 0 aromatic carbocycles. The van der Waals surface area contributed by atoms with E-state index >= 15 is 0 Å². The van der Waals surface area contributed by atoms with Crippen LogP contribution in [0.4, 0.5) is 10.1 Å². The molecule has 1 aliphatic carbocycles. The first-order valence-corrected chi connectivity index (χ1v) is 6.54. The summed E-state index contributed by atoms with van der Waals surface area (Å²) in [5, 5.41) is 14.5. The van der Waals surface area contributed by atoms with Gasteiger partial charge in [0.1, 0.15) is 6.20 Å².